The highest BCUT2D eigenvalue weighted by Gasteiger charge is 2.03. The zero-order valence-electron chi connectivity index (χ0n) is 8.23. The zero-order chi connectivity index (χ0) is 9.97. The number of aromatic nitrogens is 3. The molecule has 0 N–H and O–H groups in total. The Morgan fingerprint density at radius 2 is 1.71 bits per heavy atom. The first kappa shape index (κ1) is 8.81. The van der Waals surface area contributed by atoms with Crippen LogP contribution < -0.4 is 0 Å². The molecule has 0 aliphatic carbocycles. The van der Waals surface area contributed by atoms with Gasteiger partial charge in [-0.25, -0.2) is 0 Å². The van der Waals surface area contributed by atoms with E-state index >= 15 is 0 Å². The lowest BCUT2D eigenvalue weighted by atomic mass is 9.99. The molecule has 0 saturated carbocycles. The van der Waals surface area contributed by atoms with Gasteiger partial charge >= 0.3 is 0 Å². The van der Waals surface area contributed by atoms with E-state index in [-0.39, 0.29) is 0 Å². The third-order valence-corrected chi connectivity index (χ3v) is 2.41. The second-order valence-corrected chi connectivity index (χ2v) is 3.28. The molecule has 0 bridgehead atoms. The molecular formula is C11H11N3. The third-order valence-electron chi connectivity index (χ3n) is 2.41. The van der Waals surface area contributed by atoms with E-state index < -0.39 is 0 Å². The van der Waals surface area contributed by atoms with Gasteiger partial charge in [-0.15, -0.1) is 10.2 Å². The van der Waals surface area contributed by atoms with Gasteiger partial charge in [0.25, 0.3) is 0 Å². The molecule has 0 amide bonds. The molecule has 0 unspecified atom stereocenters. The molecular weight excluding hydrogens is 174 g/mol. The Hall–Kier alpha value is -1.77. The van der Waals surface area contributed by atoms with E-state index in [1.807, 2.05) is 6.07 Å². The quantitative estimate of drug-likeness (QED) is 0.683. The molecule has 3 nitrogen and oxygen atoms in total. The molecule has 0 fully saturated rings. The maximum atomic E-state index is 3.77. The van der Waals surface area contributed by atoms with Gasteiger partial charge in [0.1, 0.15) is 0 Å². The fourth-order valence-corrected chi connectivity index (χ4v) is 1.44. The molecule has 14 heavy (non-hydrogen) atoms. The van der Waals surface area contributed by atoms with Crippen LogP contribution in [0, 0.1) is 13.8 Å². The summed E-state index contributed by atoms with van der Waals surface area (Å²) in [6, 6.07) is 6.21. The zero-order valence-corrected chi connectivity index (χ0v) is 8.23. The number of nitrogens with zero attached hydrogens (tertiary/aromatic N) is 3. The van der Waals surface area contributed by atoms with E-state index in [1.54, 1.807) is 12.4 Å². The van der Waals surface area contributed by atoms with E-state index in [4.69, 9.17) is 0 Å². The van der Waals surface area contributed by atoms with Gasteiger partial charge in [-0.2, -0.15) is 0 Å². The summed E-state index contributed by atoms with van der Waals surface area (Å²) in [6.45, 7) is 4.20. The summed E-state index contributed by atoms with van der Waals surface area (Å²) >= 11 is 0. The first-order valence-corrected chi connectivity index (χ1v) is 4.49. The number of rotatable bonds is 1. The van der Waals surface area contributed by atoms with Crippen LogP contribution in [0.4, 0.5) is 0 Å². The molecule has 70 valence electrons. The molecule has 0 atom stereocenters. The van der Waals surface area contributed by atoms with Crippen molar-refractivity contribution in [2.45, 2.75) is 13.8 Å². The number of hydrogen-bond donors (Lipinski definition) is 0. The summed E-state index contributed by atoms with van der Waals surface area (Å²) in [7, 11) is 0. The number of hydrogen-bond acceptors (Lipinski definition) is 3. The lowest BCUT2D eigenvalue weighted by Crippen LogP contribution is -1.90. The van der Waals surface area contributed by atoms with Gasteiger partial charge in [-0.1, -0.05) is 18.2 Å². The van der Waals surface area contributed by atoms with Crippen molar-refractivity contribution in [3.63, 3.8) is 0 Å². The van der Waals surface area contributed by atoms with Crippen LogP contribution in [-0.2, 0) is 0 Å². The predicted octanol–water partition coefficient (Wildman–Crippen LogP) is 2.16. The molecule has 1 aromatic carbocycles. The maximum absolute atomic E-state index is 3.77. The lowest BCUT2D eigenvalue weighted by Gasteiger charge is -2.06. The fraction of sp³-hybridized carbons (Fsp3) is 0.182. The fourth-order valence-electron chi connectivity index (χ4n) is 1.44. The van der Waals surface area contributed by atoms with Gasteiger partial charge < -0.3 is 0 Å². The van der Waals surface area contributed by atoms with Crippen molar-refractivity contribution in [1.29, 1.82) is 0 Å². The summed E-state index contributed by atoms with van der Waals surface area (Å²) < 4.78 is 0. The Morgan fingerprint density at radius 3 is 2.43 bits per heavy atom. The third kappa shape index (κ3) is 1.48. The van der Waals surface area contributed by atoms with Crippen molar-refractivity contribution in [1.82, 2.24) is 15.4 Å². The summed E-state index contributed by atoms with van der Waals surface area (Å²) in [5, 5.41) is 11.1. The van der Waals surface area contributed by atoms with Crippen molar-refractivity contribution in [2.75, 3.05) is 0 Å². The van der Waals surface area contributed by atoms with E-state index in [2.05, 4.69) is 41.4 Å². The van der Waals surface area contributed by atoms with Crippen LogP contribution in [0.2, 0.25) is 0 Å². The highest BCUT2D eigenvalue weighted by atomic mass is 15.3. The van der Waals surface area contributed by atoms with E-state index in [9.17, 15) is 0 Å². The highest BCUT2D eigenvalue weighted by Crippen LogP contribution is 2.23. The minimum Gasteiger partial charge on any atom is -0.138 e. The van der Waals surface area contributed by atoms with Crippen LogP contribution in [-0.4, -0.2) is 15.4 Å². The monoisotopic (exact) mass is 185 g/mol. The highest BCUT2D eigenvalue weighted by molar-refractivity contribution is 5.66. The normalized spacial score (nSPS) is 10.1. The molecule has 0 aliphatic rings. The van der Waals surface area contributed by atoms with E-state index in [0.29, 0.717) is 0 Å². The second-order valence-electron chi connectivity index (χ2n) is 3.28. The van der Waals surface area contributed by atoms with E-state index in [0.717, 1.165) is 5.56 Å². The molecule has 3 heteroatoms. The summed E-state index contributed by atoms with van der Waals surface area (Å²) in [4.78, 5) is 0. The summed E-state index contributed by atoms with van der Waals surface area (Å²) in [5.74, 6) is 0. The van der Waals surface area contributed by atoms with Crippen LogP contribution >= 0.6 is 0 Å². The van der Waals surface area contributed by atoms with Crippen molar-refractivity contribution in [3.8, 4) is 11.1 Å². The van der Waals surface area contributed by atoms with Crippen LogP contribution in [0.25, 0.3) is 11.1 Å². The van der Waals surface area contributed by atoms with Crippen LogP contribution in [0.3, 0.4) is 0 Å². The van der Waals surface area contributed by atoms with Crippen molar-refractivity contribution in [3.05, 3.63) is 41.7 Å². The maximum Gasteiger partial charge on any atom is 0.0608 e. The number of benzene rings is 1. The van der Waals surface area contributed by atoms with Crippen molar-refractivity contribution in [2.24, 2.45) is 0 Å². The average molecular weight is 185 g/mol. The Labute approximate surface area is 82.8 Å². The molecule has 0 aliphatic heterocycles. The predicted molar refractivity (Wildman–Crippen MR) is 54.7 cm³/mol. The Morgan fingerprint density at radius 1 is 1.00 bits per heavy atom. The van der Waals surface area contributed by atoms with Crippen LogP contribution in [0.5, 0.6) is 0 Å². The minimum atomic E-state index is 1.02. The van der Waals surface area contributed by atoms with Crippen molar-refractivity contribution < 1.29 is 0 Å². The Kier molecular flexibility index (Phi) is 2.23. The number of aryl methyl sites for hydroxylation is 1. The Balaban J connectivity index is 2.58. The summed E-state index contributed by atoms with van der Waals surface area (Å²) in [6.07, 6.45) is 3.46. The molecule has 0 saturated heterocycles. The molecule has 0 radical (unpaired) electrons. The molecule has 0 spiro atoms. The van der Waals surface area contributed by atoms with Gasteiger partial charge in [-0.3, -0.25) is 0 Å². The first-order valence-electron chi connectivity index (χ1n) is 4.49. The molecule has 1 heterocycles. The largest absolute Gasteiger partial charge is 0.138 e. The van der Waals surface area contributed by atoms with Gasteiger partial charge in [0.05, 0.1) is 12.4 Å². The average Bonchev–Trinajstić information content (AvgIpc) is 2.23. The Bertz CT molecular complexity index is 438. The summed E-state index contributed by atoms with van der Waals surface area (Å²) in [5.41, 5.74) is 4.73. The topological polar surface area (TPSA) is 38.7 Å². The molecule has 2 aromatic rings. The van der Waals surface area contributed by atoms with Crippen molar-refractivity contribution >= 4 is 0 Å². The van der Waals surface area contributed by atoms with Crippen LogP contribution in [0.1, 0.15) is 11.1 Å². The van der Waals surface area contributed by atoms with Gasteiger partial charge in [-0.05, 0) is 35.8 Å². The standard InChI is InChI=1S/C11H11N3/c1-8-4-3-5-11(9(8)2)10-6-12-14-13-7-10/h3-7H,1-2H3. The first-order chi connectivity index (χ1) is 6.79. The van der Waals surface area contributed by atoms with Gasteiger partial charge in [0.2, 0.25) is 0 Å². The minimum absolute atomic E-state index is 1.02. The van der Waals surface area contributed by atoms with E-state index in [1.165, 1.54) is 16.7 Å². The molecule has 2 rings (SSSR count). The van der Waals surface area contributed by atoms with Crippen LogP contribution in [0.15, 0.2) is 30.6 Å². The van der Waals surface area contributed by atoms with Gasteiger partial charge in [0, 0.05) is 5.56 Å². The second kappa shape index (κ2) is 3.54. The SMILES string of the molecule is Cc1cccc(-c2cnnnc2)c1C. The lowest BCUT2D eigenvalue weighted by molar-refractivity contribution is 0.867. The smallest absolute Gasteiger partial charge is 0.0608 e. The van der Waals surface area contributed by atoms with Gasteiger partial charge in [0.15, 0.2) is 0 Å². The molecule has 1 aromatic heterocycles.